The highest BCUT2D eigenvalue weighted by Gasteiger charge is 2.23. The van der Waals surface area contributed by atoms with E-state index in [9.17, 15) is 4.79 Å². The van der Waals surface area contributed by atoms with E-state index in [1.165, 1.54) is 5.56 Å². The molecular weight excluding hydrogens is 302 g/mol. The summed E-state index contributed by atoms with van der Waals surface area (Å²) >= 11 is 5.95. The average molecular weight is 320 g/mol. The van der Waals surface area contributed by atoms with Crippen LogP contribution >= 0.6 is 11.6 Å². The highest BCUT2D eigenvalue weighted by molar-refractivity contribution is 6.31. The summed E-state index contributed by atoms with van der Waals surface area (Å²) in [6.07, 6.45) is 4.71. The molecule has 1 aliphatic rings. The first-order valence-corrected chi connectivity index (χ1v) is 7.71. The fraction of sp³-hybridized carbons (Fsp3) is 0.375. The number of nitrogens with zero attached hydrogens (tertiary/aromatic N) is 1. The van der Waals surface area contributed by atoms with Crippen LogP contribution in [0.1, 0.15) is 35.8 Å². The smallest absolute Gasteiger partial charge is 0.250 e. The molecule has 1 aromatic carbocycles. The number of fused-ring (bicyclic) bond motifs is 1. The highest BCUT2D eigenvalue weighted by atomic mass is 35.5. The molecule has 0 radical (unpaired) electrons. The number of carbonyl (C=O) groups excluding carboxylic acids is 1. The van der Waals surface area contributed by atoms with Gasteiger partial charge in [0, 0.05) is 10.7 Å². The van der Waals surface area contributed by atoms with E-state index < -0.39 is 0 Å². The standard InChI is InChI=1S/C16H18ClN3O2/c1-10-5-6-12(17)7-13(10)19-15(21)9-22-14-4-2-3-11-8-18-20-16(11)14/h5-8,14H,2-4,9H2,1H3,(H,18,20)(H,19,21)/t14-/m1/s1. The van der Waals surface area contributed by atoms with Crippen molar-refractivity contribution < 1.29 is 9.53 Å². The lowest BCUT2D eigenvalue weighted by atomic mass is 9.96. The van der Waals surface area contributed by atoms with Gasteiger partial charge >= 0.3 is 0 Å². The molecule has 6 heteroatoms. The van der Waals surface area contributed by atoms with Gasteiger partial charge in [0.2, 0.25) is 5.91 Å². The van der Waals surface area contributed by atoms with Crippen LogP contribution in [0, 0.1) is 6.92 Å². The molecular formula is C16H18ClN3O2. The minimum absolute atomic E-state index is 0.00901. The number of H-pyrrole nitrogens is 1. The number of hydrogen-bond donors (Lipinski definition) is 2. The number of rotatable bonds is 4. The number of aryl methyl sites for hydroxylation is 2. The SMILES string of the molecule is Cc1ccc(Cl)cc1NC(=O)CO[C@@H]1CCCc2cn[nH]c21. The fourth-order valence-corrected chi connectivity index (χ4v) is 2.85. The summed E-state index contributed by atoms with van der Waals surface area (Å²) < 4.78 is 5.76. The molecule has 1 heterocycles. The number of ether oxygens (including phenoxy) is 1. The molecule has 1 aromatic heterocycles. The molecule has 3 rings (SSSR count). The summed E-state index contributed by atoms with van der Waals surface area (Å²) in [5.41, 5.74) is 3.86. The lowest BCUT2D eigenvalue weighted by molar-refractivity contribution is -0.123. The van der Waals surface area contributed by atoms with E-state index in [4.69, 9.17) is 16.3 Å². The normalized spacial score (nSPS) is 17.1. The van der Waals surface area contributed by atoms with Crippen molar-refractivity contribution in [1.29, 1.82) is 0 Å². The van der Waals surface area contributed by atoms with Gasteiger partial charge in [-0.2, -0.15) is 5.10 Å². The Hall–Kier alpha value is -1.85. The van der Waals surface area contributed by atoms with Gasteiger partial charge in [-0.25, -0.2) is 0 Å². The van der Waals surface area contributed by atoms with Crippen LogP contribution in [-0.2, 0) is 16.0 Å². The number of carbonyl (C=O) groups is 1. The third kappa shape index (κ3) is 3.31. The number of anilines is 1. The zero-order valence-electron chi connectivity index (χ0n) is 12.4. The molecule has 1 aliphatic carbocycles. The lowest BCUT2D eigenvalue weighted by Gasteiger charge is -2.22. The van der Waals surface area contributed by atoms with Crippen LogP contribution in [0.25, 0.3) is 0 Å². The Kier molecular flexibility index (Phi) is 4.45. The van der Waals surface area contributed by atoms with E-state index >= 15 is 0 Å². The Balaban J connectivity index is 1.58. The van der Waals surface area contributed by atoms with Crippen molar-refractivity contribution in [3.63, 3.8) is 0 Å². The summed E-state index contributed by atoms with van der Waals surface area (Å²) in [4.78, 5) is 12.1. The monoisotopic (exact) mass is 319 g/mol. The number of hydrogen-bond acceptors (Lipinski definition) is 3. The van der Waals surface area contributed by atoms with Crippen molar-refractivity contribution in [1.82, 2.24) is 10.2 Å². The molecule has 116 valence electrons. The average Bonchev–Trinajstić information content (AvgIpc) is 2.98. The molecule has 2 N–H and O–H groups in total. The van der Waals surface area contributed by atoms with Crippen molar-refractivity contribution in [2.24, 2.45) is 0 Å². The van der Waals surface area contributed by atoms with Crippen LogP contribution in [0.2, 0.25) is 5.02 Å². The number of aromatic amines is 1. The maximum Gasteiger partial charge on any atom is 0.250 e. The predicted molar refractivity (Wildman–Crippen MR) is 85.0 cm³/mol. The summed E-state index contributed by atoms with van der Waals surface area (Å²) in [7, 11) is 0. The number of amides is 1. The largest absolute Gasteiger partial charge is 0.362 e. The van der Waals surface area contributed by atoms with Gasteiger partial charge in [0.05, 0.1) is 18.0 Å². The van der Waals surface area contributed by atoms with Gasteiger partial charge in [-0.3, -0.25) is 9.89 Å². The molecule has 0 aliphatic heterocycles. The molecule has 0 fully saturated rings. The van der Waals surface area contributed by atoms with Gasteiger partial charge in [0.1, 0.15) is 6.61 Å². The van der Waals surface area contributed by atoms with Crippen LogP contribution in [-0.4, -0.2) is 22.7 Å². The summed E-state index contributed by atoms with van der Waals surface area (Å²) in [5.74, 6) is -0.183. The van der Waals surface area contributed by atoms with Crippen LogP contribution in [0.3, 0.4) is 0 Å². The molecule has 0 saturated heterocycles. The number of halogens is 1. The van der Waals surface area contributed by atoms with E-state index in [2.05, 4.69) is 15.5 Å². The summed E-state index contributed by atoms with van der Waals surface area (Å²) in [6.45, 7) is 1.93. The molecule has 1 amide bonds. The summed E-state index contributed by atoms with van der Waals surface area (Å²) in [5, 5.41) is 10.5. The molecule has 0 spiro atoms. The second-order valence-corrected chi connectivity index (χ2v) is 5.94. The highest BCUT2D eigenvalue weighted by Crippen LogP contribution is 2.30. The summed E-state index contributed by atoms with van der Waals surface area (Å²) in [6, 6.07) is 5.41. The van der Waals surface area contributed by atoms with Crippen molar-refractivity contribution >= 4 is 23.2 Å². The lowest BCUT2D eigenvalue weighted by Crippen LogP contribution is -2.22. The predicted octanol–water partition coefficient (Wildman–Crippen LogP) is 3.40. The van der Waals surface area contributed by atoms with Crippen molar-refractivity contribution in [2.75, 3.05) is 11.9 Å². The molecule has 5 nitrogen and oxygen atoms in total. The van der Waals surface area contributed by atoms with Gasteiger partial charge in [-0.05, 0) is 49.4 Å². The second-order valence-electron chi connectivity index (χ2n) is 5.51. The third-order valence-electron chi connectivity index (χ3n) is 3.88. The van der Waals surface area contributed by atoms with Gasteiger partial charge in [-0.15, -0.1) is 0 Å². The topological polar surface area (TPSA) is 67.0 Å². The molecule has 22 heavy (non-hydrogen) atoms. The van der Waals surface area contributed by atoms with Gasteiger partial charge in [0.25, 0.3) is 0 Å². The molecule has 2 aromatic rings. The first-order valence-electron chi connectivity index (χ1n) is 7.33. The zero-order valence-corrected chi connectivity index (χ0v) is 13.1. The third-order valence-corrected chi connectivity index (χ3v) is 4.11. The van der Waals surface area contributed by atoms with Gasteiger partial charge < -0.3 is 10.1 Å². The van der Waals surface area contributed by atoms with E-state index in [-0.39, 0.29) is 18.6 Å². The number of aromatic nitrogens is 2. The van der Waals surface area contributed by atoms with Crippen LogP contribution in [0.4, 0.5) is 5.69 Å². The first-order chi connectivity index (χ1) is 10.6. The number of benzene rings is 1. The Morgan fingerprint density at radius 1 is 1.55 bits per heavy atom. The van der Waals surface area contributed by atoms with Crippen LogP contribution in [0.5, 0.6) is 0 Å². The Labute approximate surface area is 134 Å². The maximum absolute atomic E-state index is 12.1. The van der Waals surface area contributed by atoms with E-state index in [1.54, 1.807) is 12.1 Å². The molecule has 1 atom stereocenters. The van der Waals surface area contributed by atoms with Gasteiger partial charge in [0.15, 0.2) is 0 Å². The quantitative estimate of drug-likeness (QED) is 0.907. The Morgan fingerprint density at radius 2 is 2.41 bits per heavy atom. The molecule has 0 bridgehead atoms. The minimum Gasteiger partial charge on any atom is -0.362 e. The van der Waals surface area contributed by atoms with Crippen LogP contribution in [0.15, 0.2) is 24.4 Å². The maximum atomic E-state index is 12.1. The second kappa shape index (κ2) is 6.50. The fourth-order valence-electron chi connectivity index (χ4n) is 2.68. The minimum atomic E-state index is -0.183. The van der Waals surface area contributed by atoms with E-state index in [1.807, 2.05) is 19.2 Å². The van der Waals surface area contributed by atoms with Crippen molar-refractivity contribution in [3.05, 3.63) is 46.2 Å². The van der Waals surface area contributed by atoms with Crippen molar-refractivity contribution in [3.8, 4) is 0 Å². The van der Waals surface area contributed by atoms with E-state index in [0.29, 0.717) is 10.7 Å². The first kappa shape index (κ1) is 15.1. The Bertz CT molecular complexity index is 684. The molecule has 0 unspecified atom stereocenters. The zero-order chi connectivity index (χ0) is 15.5. The Morgan fingerprint density at radius 3 is 3.27 bits per heavy atom. The van der Waals surface area contributed by atoms with E-state index in [0.717, 1.165) is 30.5 Å². The van der Waals surface area contributed by atoms with Crippen LogP contribution < -0.4 is 5.32 Å². The van der Waals surface area contributed by atoms with Gasteiger partial charge in [-0.1, -0.05) is 17.7 Å². The number of nitrogens with one attached hydrogen (secondary N) is 2. The molecule has 0 saturated carbocycles. The van der Waals surface area contributed by atoms with Crippen molar-refractivity contribution in [2.45, 2.75) is 32.3 Å².